The van der Waals surface area contributed by atoms with Gasteiger partial charge in [-0.25, -0.2) is 8.78 Å². The van der Waals surface area contributed by atoms with Crippen LogP contribution in [0.25, 0.3) is 0 Å². The van der Waals surface area contributed by atoms with Crippen molar-refractivity contribution in [1.82, 2.24) is 0 Å². The van der Waals surface area contributed by atoms with Gasteiger partial charge in [0.05, 0.1) is 0 Å². The standard InChI is InChI=1S/C14H11F2N3O2/c15-11-6-3-9(7-12(11)16)14(20)18-10-4-1-8(2-5-10)13(17)19-21/h1-7,21H,(H2,17,19)(H,18,20). The van der Waals surface area contributed by atoms with Crippen LogP contribution in [0.3, 0.4) is 0 Å². The zero-order valence-electron chi connectivity index (χ0n) is 10.7. The van der Waals surface area contributed by atoms with Gasteiger partial charge in [0.2, 0.25) is 0 Å². The van der Waals surface area contributed by atoms with Gasteiger partial charge < -0.3 is 16.3 Å². The first-order valence-electron chi connectivity index (χ1n) is 5.85. The Morgan fingerprint density at radius 3 is 2.24 bits per heavy atom. The molecule has 0 aromatic heterocycles. The Hall–Kier alpha value is -2.96. The van der Waals surface area contributed by atoms with E-state index < -0.39 is 17.5 Å². The molecule has 0 saturated carbocycles. The predicted molar refractivity (Wildman–Crippen MR) is 73.3 cm³/mol. The molecule has 0 bridgehead atoms. The van der Waals surface area contributed by atoms with Crippen molar-refractivity contribution in [2.24, 2.45) is 10.9 Å². The number of carbonyl (C=O) groups excluding carboxylic acids is 1. The van der Waals surface area contributed by atoms with Gasteiger partial charge in [-0.15, -0.1) is 0 Å². The molecule has 2 aromatic rings. The smallest absolute Gasteiger partial charge is 0.255 e. The Bertz CT molecular complexity index is 700. The summed E-state index contributed by atoms with van der Waals surface area (Å²) in [7, 11) is 0. The lowest BCUT2D eigenvalue weighted by atomic mass is 10.1. The van der Waals surface area contributed by atoms with Crippen molar-refractivity contribution in [3.8, 4) is 0 Å². The molecule has 108 valence electrons. The summed E-state index contributed by atoms with van der Waals surface area (Å²) < 4.78 is 25.8. The van der Waals surface area contributed by atoms with Crippen LogP contribution in [0.5, 0.6) is 0 Å². The van der Waals surface area contributed by atoms with Crippen LogP contribution in [-0.4, -0.2) is 17.0 Å². The number of benzene rings is 2. The number of hydrogen-bond donors (Lipinski definition) is 3. The minimum absolute atomic E-state index is 0.00517. The molecule has 0 aliphatic heterocycles. The third-order valence-corrected chi connectivity index (χ3v) is 2.73. The molecule has 0 saturated heterocycles. The maximum atomic E-state index is 13.1. The van der Waals surface area contributed by atoms with Crippen molar-refractivity contribution in [3.05, 3.63) is 65.2 Å². The molecule has 21 heavy (non-hydrogen) atoms. The van der Waals surface area contributed by atoms with Crippen LogP contribution in [0.1, 0.15) is 15.9 Å². The van der Waals surface area contributed by atoms with Crippen molar-refractivity contribution in [3.63, 3.8) is 0 Å². The molecule has 4 N–H and O–H groups in total. The number of nitrogens with zero attached hydrogens (tertiary/aromatic N) is 1. The monoisotopic (exact) mass is 291 g/mol. The van der Waals surface area contributed by atoms with E-state index in [0.29, 0.717) is 11.3 Å². The lowest BCUT2D eigenvalue weighted by Gasteiger charge is -2.06. The summed E-state index contributed by atoms with van der Waals surface area (Å²) in [4.78, 5) is 11.9. The van der Waals surface area contributed by atoms with Gasteiger partial charge in [0, 0.05) is 16.8 Å². The van der Waals surface area contributed by atoms with Crippen molar-refractivity contribution in [2.75, 3.05) is 5.32 Å². The fraction of sp³-hybridized carbons (Fsp3) is 0. The quantitative estimate of drug-likeness (QED) is 0.351. The van der Waals surface area contributed by atoms with Gasteiger partial charge in [0.15, 0.2) is 17.5 Å². The number of oxime groups is 1. The number of nitrogens with one attached hydrogen (secondary N) is 1. The zero-order valence-corrected chi connectivity index (χ0v) is 10.7. The molecule has 0 radical (unpaired) electrons. The van der Waals surface area contributed by atoms with Crippen LogP contribution in [0.4, 0.5) is 14.5 Å². The third kappa shape index (κ3) is 3.33. The highest BCUT2D eigenvalue weighted by atomic mass is 19.2. The average Bonchev–Trinajstić information content (AvgIpc) is 2.50. The molecule has 7 heteroatoms. The maximum Gasteiger partial charge on any atom is 0.255 e. The van der Waals surface area contributed by atoms with E-state index >= 15 is 0 Å². The molecule has 0 fully saturated rings. The molecular formula is C14H11F2N3O2. The van der Waals surface area contributed by atoms with E-state index in [4.69, 9.17) is 10.9 Å². The summed E-state index contributed by atoms with van der Waals surface area (Å²) in [6, 6.07) is 9.02. The Morgan fingerprint density at radius 1 is 1.05 bits per heavy atom. The number of nitrogens with two attached hydrogens (primary N) is 1. The topological polar surface area (TPSA) is 87.7 Å². The summed E-state index contributed by atoms with van der Waals surface area (Å²) in [6.45, 7) is 0. The van der Waals surface area contributed by atoms with Gasteiger partial charge in [-0.05, 0) is 42.5 Å². The summed E-state index contributed by atoms with van der Waals surface area (Å²) in [5.41, 5.74) is 6.30. The highest BCUT2D eigenvalue weighted by Gasteiger charge is 2.10. The largest absolute Gasteiger partial charge is 0.409 e. The predicted octanol–water partition coefficient (Wildman–Crippen LogP) is 2.31. The third-order valence-electron chi connectivity index (χ3n) is 2.73. The Kier molecular flexibility index (Phi) is 4.13. The molecule has 0 aliphatic rings. The SMILES string of the molecule is N/C(=N/O)c1ccc(NC(=O)c2ccc(F)c(F)c2)cc1. The first-order chi connectivity index (χ1) is 10.0. The fourth-order valence-electron chi connectivity index (χ4n) is 1.62. The summed E-state index contributed by atoms with van der Waals surface area (Å²) in [6.07, 6.45) is 0. The van der Waals surface area contributed by atoms with Gasteiger partial charge in [-0.3, -0.25) is 4.79 Å². The fourth-order valence-corrected chi connectivity index (χ4v) is 1.62. The van der Waals surface area contributed by atoms with Gasteiger partial charge in [-0.2, -0.15) is 0 Å². The Balaban J connectivity index is 2.14. The number of hydrogen-bond acceptors (Lipinski definition) is 3. The Labute approximate surface area is 118 Å². The van der Waals surface area contributed by atoms with Gasteiger partial charge in [0.25, 0.3) is 5.91 Å². The molecule has 0 heterocycles. The van der Waals surface area contributed by atoms with E-state index in [1.165, 1.54) is 30.3 Å². The first-order valence-corrected chi connectivity index (χ1v) is 5.85. The van der Waals surface area contributed by atoms with E-state index in [2.05, 4.69) is 10.5 Å². The maximum absolute atomic E-state index is 13.1. The lowest BCUT2D eigenvalue weighted by Crippen LogP contribution is -2.14. The van der Waals surface area contributed by atoms with Crippen LogP contribution >= 0.6 is 0 Å². The molecule has 2 aromatic carbocycles. The van der Waals surface area contributed by atoms with Crippen molar-refractivity contribution >= 4 is 17.4 Å². The normalized spacial score (nSPS) is 11.2. The number of amides is 1. The number of rotatable bonds is 3. The summed E-state index contributed by atoms with van der Waals surface area (Å²) >= 11 is 0. The minimum atomic E-state index is -1.09. The second-order valence-corrected chi connectivity index (χ2v) is 4.15. The van der Waals surface area contributed by atoms with Crippen molar-refractivity contribution in [2.45, 2.75) is 0 Å². The van der Waals surface area contributed by atoms with E-state index in [-0.39, 0.29) is 11.4 Å². The number of anilines is 1. The van der Waals surface area contributed by atoms with E-state index in [9.17, 15) is 13.6 Å². The summed E-state index contributed by atoms with van der Waals surface area (Å²) in [5.74, 6) is -2.75. The molecular weight excluding hydrogens is 280 g/mol. The average molecular weight is 291 g/mol. The minimum Gasteiger partial charge on any atom is -0.409 e. The molecule has 0 atom stereocenters. The second-order valence-electron chi connectivity index (χ2n) is 4.15. The van der Waals surface area contributed by atoms with E-state index in [0.717, 1.165) is 12.1 Å². The van der Waals surface area contributed by atoms with Crippen molar-refractivity contribution < 1.29 is 18.8 Å². The first kappa shape index (κ1) is 14.4. The molecule has 0 unspecified atom stereocenters. The van der Waals surface area contributed by atoms with Crippen LogP contribution in [0, 0.1) is 11.6 Å². The van der Waals surface area contributed by atoms with Crippen LogP contribution in [0.15, 0.2) is 47.6 Å². The molecule has 2 rings (SSSR count). The molecule has 0 spiro atoms. The van der Waals surface area contributed by atoms with E-state index in [1.54, 1.807) is 0 Å². The van der Waals surface area contributed by atoms with Gasteiger partial charge in [-0.1, -0.05) is 5.16 Å². The number of carbonyl (C=O) groups is 1. The molecule has 0 aliphatic carbocycles. The Morgan fingerprint density at radius 2 is 1.67 bits per heavy atom. The van der Waals surface area contributed by atoms with Crippen LogP contribution in [-0.2, 0) is 0 Å². The molecule has 5 nitrogen and oxygen atoms in total. The number of amidine groups is 1. The summed E-state index contributed by atoms with van der Waals surface area (Å²) in [5, 5.41) is 13.9. The highest BCUT2D eigenvalue weighted by Crippen LogP contribution is 2.13. The molecule has 1 amide bonds. The van der Waals surface area contributed by atoms with E-state index in [1.807, 2.05) is 0 Å². The number of halogens is 2. The zero-order chi connectivity index (χ0) is 15.4. The highest BCUT2D eigenvalue weighted by molar-refractivity contribution is 6.04. The lowest BCUT2D eigenvalue weighted by molar-refractivity contribution is 0.102. The van der Waals surface area contributed by atoms with Crippen molar-refractivity contribution in [1.29, 1.82) is 0 Å². The van der Waals surface area contributed by atoms with Gasteiger partial charge in [0.1, 0.15) is 0 Å². The van der Waals surface area contributed by atoms with Crippen LogP contribution in [0.2, 0.25) is 0 Å². The van der Waals surface area contributed by atoms with Gasteiger partial charge >= 0.3 is 0 Å². The van der Waals surface area contributed by atoms with Crippen LogP contribution < -0.4 is 11.1 Å². The second kappa shape index (κ2) is 6.00.